The van der Waals surface area contributed by atoms with Gasteiger partial charge in [-0.25, -0.2) is 13.2 Å². The summed E-state index contributed by atoms with van der Waals surface area (Å²) in [6, 6.07) is 1.66. The highest BCUT2D eigenvalue weighted by Gasteiger charge is 2.23. The molecule has 0 spiro atoms. The summed E-state index contributed by atoms with van der Waals surface area (Å²) in [5, 5.41) is 0. The lowest BCUT2D eigenvalue weighted by atomic mass is 9.94. The number of alkyl halides is 4. The van der Waals surface area contributed by atoms with E-state index in [4.69, 9.17) is 0 Å². The van der Waals surface area contributed by atoms with E-state index in [0.29, 0.717) is 6.08 Å². The number of rotatable bonds is 2. The molecule has 0 aliphatic heterocycles. The summed E-state index contributed by atoms with van der Waals surface area (Å²) < 4.78 is 77.2. The molecule has 6 heteroatoms. The van der Waals surface area contributed by atoms with Gasteiger partial charge in [0, 0.05) is 18.1 Å². The third-order valence-electron chi connectivity index (χ3n) is 2.94. The monoisotopic (exact) mass is 304 g/mol. The summed E-state index contributed by atoms with van der Waals surface area (Å²) in [6.45, 7) is 0. The molecule has 1 atom stereocenters. The van der Waals surface area contributed by atoms with Crippen LogP contribution in [0.5, 0.6) is 0 Å². The van der Waals surface area contributed by atoms with E-state index in [2.05, 4.69) is 0 Å². The Balaban J connectivity index is 2.40. The van der Waals surface area contributed by atoms with Gasteiger partial charge in [-0.3, -0.25) is 0 Å². The quantitative estimate of drug-likeness (QED) is 0.657. The Morgan fingerprint density at radius 1 is 1.10 bits per heavy atom. The Morgan fingerprint density at radius 2 is 1.71 bits per heavy atom. The van der Waals surface area contributed by atoms with Crippen LogP contribution in [0.25, 0.3) is 11.6 Å². The van der Waals surface area contributed by atoms with Crippen molar-refractivity contribution in [3.63, 3.8) is 0 Å². The van der Waals surface area contributed by atoms with Crippen molar-refractivity contribution >= 4 is 11.6 Å². The Labute approximate surface area is 117 Å². The van der Waals surface area contributed by atoms with Crippen LogP contribution in [0.4, 0.5) is 26.3 Å². The van der Waals surface area contributed by atoms with Crippen LogP contribution in [-0.2, 0) is 0 Å². The van der Waals surface area contributed by atoms with E-state index in [1.165, 1.54) is 6.08 Å². The molecule has 1 aliphatic rings. The molecule has 0 radical (unpaired) electrons. The van der Waals surface area contributed by atoms with Crippen LogP contribution in [0.3, 0.4) is 0 Å². The molecule has 0 N–H and O–H groups in total. The van der Waals surface area contributed by atoms with Gasteiger partial charge in [-0.1, -0.05) is 18.2 Å². The molecule has 1 aliphatic carbocycles. The minimum atomic E-state index is -4.67. The van der Waals surface area contributed by atoms with Crippen molar-refractivity contribution in [1.29, 1.82) is 0 Å². The molecule has 0 amide bonds. The first kappa shape index (κ1) is 15.4. The predicted molar refractivity (Wildman–Crippen MR) is 68.1 cm³/mol. The molecule has 0 nitrogen and oxygen atoms in total. The average molecular weight is 304 g/mol. The topological polar surface area (TPSA) is 0 Å². The van der Waals surface area contributed by atoms with Gasteiger partial charge in [-0.05, 0) is 29.3 Å². The number of benzene rings is 1. The summed E-state index contributed by atoms with van der Waals surface area (Å²) in [5.74, 6) is -2.35. The van der Waals surface area contributed by atoms with Crippen LogP contribution in [-0.4, -0.2) is 12.3 Å². The fourth-order valence-electron chi connectivity index (χ4n) is 1.97. The highest BCUT2D eigenvalue weighted by molar-refractivity contribution is 5.72. The van der Waals surface area contributed by atoms with Crippen LogP contribution in [0.2, 0.25) is 0 Å². The van der Waals surface area contributed by atoms with E-state index in [1.807, 2.05) is 0 Å². The molecule has 0 fully saturated rings. The van der Waals surface area contributed by atoms with Gasteiger partial charge in [-0.2, -0.15) is 13.2 Å². The van der Waals surface area contributed by atoms with Crippen LogP contribution >= 0.6 is 0 Å². The fraction of sp³-hybridized carbons (Fsp3) is 0.200. The molecule has 0 aromatic heterocycles. The fourth-order valence-corrected chi connectivity index (χ4v) is 1.97. The number of allylic oxidation sites excluding steroid dienone is 5. The van der Waals surface area contributed by atoms with Gasteiger partial charge in [0.2, 0.25) is 0 Å². The van der Waals surface area contributed by atoms with E-state index in [-0.39, 0.29) is 23.6 Å². The van der Waals surface area contributed by atoms with Crippen molar-refractivity contribution in [2.75, 3.05) is 0 Å². The number of halogens is 6. The van der Waals surface area contributed by atoms with E-state index in [9.17, 15) is 26.3 Å². The van der Waals surface area contributed by atoms with Crippen molar-refractivity contribution in [2.45, 2.75) is 18.8 Å². The van der Waals surface area contributed by atoms with Crippen LogP contribution < -0.4 is 0 Å². The molecule has 2 rings (SSSR count). The zero-order chi connectivity index (χ0) is 15.6. The molecule has 0 saturated heterocycles. The summed E-state index contributed by atoms with van der Waals surface area (Å²) in [7, 11) is 0. The maximum absolute atomic E-state index is 13.7. The molecular weight excluding hydrogens is 294 g/mol. The van der Waals surface area contributed by atoms with Gasteiger partial charge in [0.1, 0.15) is 17.8 Å². The van der Waals surface area contributed by atoms with Crippen LogP contribution in [0, 0.1) is 11.6 Å². The van der Waals surface area contributed by atoms with E-state index >= 15 is 0 Å². The number of hydrogen-bond donors (Lipinski definition) is 0. The van der Waals surface area contributed by atoms with Crippen molar-refractivity contribution < 1.29 is 26.3 Å². The van der Waals surface area contributed by atoms with Gasteiger partial charge in [-0.15, -0.1) is 0 Å². The molecule has 21 heavy (non-hydrogen) atoms. The second kappa shape index (κ2) is 5.79. The van der Waals surface area contributed by atoms with Gasteiger partial charge in [0.15, 0.2) is 0 Å². The summed E-state index contributed by atoms with van der Waals surface area (Å²) in [4.78, 5) is 0. The minimum absolute atomic E-state index is 0.0222. The summed E-state index contributed by atoms with van der Waals surface area (Å²) in [6.07, 6.45) is -1.41. The molecule has 1 unspecified atom stereocenters. The van der Waals surface area contributed by atoms with E-state index < -0.39 is 29.5 Å². The van der Waals surface area contributed by atoms with Crippen molar-refractivity contribution in [2.24, 2.45) is 0 Å². The Morgan fingerprint density at radius 3 is 2.24 bits per heavy atom. The molecule has 1 aromatic carbocycles. The lowest BCUT2D eigenvalue weighted by Gasteiger charge is -2.15. The number of hydrogen-bond acceptors (Lipinski definition) is 0. The molecule has 0 saturated carbocycles. The van der Waals surface area contributed by atoms with Gasteiger partial charge >= 0.3 is 6.18 Å². The standard InChI is InChI=1S/C15H10F6/c16-12-4-2-1-3-10(12)9-7-13(17)11(14(18)8-9)5-6-15(19,20)21/h1-3,5-8,12H,4H2/b6-5+. The molecule has 0 bridgehead atoms. The third-order valence-corrected chi connectivity index (χ3v) is 2.94. The average Bonchev–Trinajstić information content (AvgIpc) is 2.36. The van der Waals surface area contributed by atoms with Crippen molar-refractivity contribution in [1.82, 2.24) is 0 Å². The van der Waals surface area contributed by atoms with E-state index in [0.717, 1.165) is 12.1 Å². The Bertz CT molecular complexity index is 599. The van der Waals surface area contributed by atoms with Crippen LogP contribution in [0.1, 0.15) is 17.5 Å². The molecule has 1 aromatic rings. The largest absolute Gasteiger partial charge is 0.409 e. The smallest absolute Gasteiger partial charge is 0.242 e. The second-order valence-corrected chi connectivity index (χ2v) is 4.48. The first-order valence-electron chi connectivity index (χ1n) is 6.04. The maximum Gasteiger partial charge on any atom is 0.409 e. The molecule has 0 heterocycles. The summed E-state index contributed by atoms with van der Waals surface area (Å²) >= 11 is 0. The third kappa shape index (κ3) is 3.77. The van der Waals surface area contributed by atoms with Gasteiger partial charge in [0.05, 0.1) is 0 Å². The first-order valence-corrected chi connectivity index (χ1v) is 6.04. The molecular formula is C15H10F6. The van der Waals surface area contributed by atoms with Crippen LogP contribution in [0.15, 0.2) is 36.4 Å². The Hall–Kier alpha value is -1.98. The minimum Gasteiger partial charge on any atom is -0.242 e. The van der Waals surface area contributed by atoms with E-state index in [1.54, 1.807) is 12.2 Å². The lowest BCUT2D eigenvalue weighted by Crippen LogP contribution is -2.06. The van der Waals surface area contributed by atoms with Gasteiger partial charge in [0.25, 0.3) is 0 Å². The van der Waals surface area contributed by atoms with Crippen molar-refractivity contribution in [3.8, 4) is 0 Å². The normalized spacial score (nSPS) is 19.1. The van der Waals surface area contributed by atoms with Gasteiger partial charge < -0.3 is 0 Å². The van der Waals surface area contributed by atoms with Crippen molar-refractivity contribution in [3.05, 3.63) is 59.2 Å². The zero-order valence-electron chi connectivity index (χ0n) is 10.6. The maximum atomic E-state index is 13.7. The summed E-state index contributed by atoms with van der Waals surface area (Å²) in [5.41, 5.74) is -0.730. The highest BCUT2D eigenvalue weighted by atomic mass is 19.4. The SMILES string of the molecule is Fc1cc(C2=CC=CCC2F)cc(F)c1/C=C/C(F)(F)F. The Kier molecular flexibility index (Phi) is 4.25. The molecule has 112 valence electrons. The predicted octanol–water partition coefficient (Wildman–Crippen LogP) is 5.22. The second-order valence-electron chi connectivity index (χ2n) is 4.48. The highest BCUT2D eigenvalue weighted by Crippen LogP contribution is 2.30. The lowest BCUT2D eigenvalue weighted by molar-refractivity contribution is -0.0790. The zero-order valence-corrected chi connectivity index (χ0v) is 10.6. The first-order chi connectivity index (χ1) is 9.78.